The van der Waals surface area contributed by atoms with Gasteiger partial charge in [-0.3, -0.25) is 4.79 Å². The lowest BCUT2D eigenvalue weighted by Gasteiger charge is -2.03. The van der Waals surface area contributed by atoms with E-state index in [1.165, 1.54) is 7.05 Å². The zero-order chi connectivity index (χ0) is 18.5. The van der Waals surface area contributed by atoms with Crippen LogP contribution < -0.4 is 15.4 Å². The van der Waals surface area contributed by atoms with Crippen molar-refractivity contribution >= 4 is 29.3 Å². The molecule has 0 unspecified atom stereocenters. The first kappa shape index (κ1) is 17.2. The van der Waals surface area contributed by atoms with E-state index in [-0.39, 0.29) is 12.5 Å². The van der Waals surface area contributed by atoms with Gasteiger partial charge in [0.05, 0.1) is 24.1 Å². The fourth-order valence-electron chi connectivity index (χ4n) is 2.60. The van der Waals surface area contributed by atoms with E-state index in [4.69, 9.17) is 9.47 Å². The lowest BCUT2D eigenvalue weighted by molar-refractivity contribution is -0.110. The SMILES string of the molecule is CNC(=O)OCC#Cc1cccc2c1/C(=C/c1[nH]ccc1OC)C(=O)N2. The Morgan fingerprint density at radius 2 is 2.19 bits per heavy atom. The van der Waals surface area contributed by atoms with Crippen molar-refractivity contribution < 1.29 is 19.1 Å². The Hall–Kier alpha value is -3.66. The molecular weight excluding hydrogens is 334 g/mol. The monoisotopic (exact) mass is 351 g/mol. The Bertz CT molecular complexity index is 947. The molecule has 0 fully saturated rings. The molecule has 1 aliphatic rings. The molecule has 0 radical (unpaired) electrons. The molecule has 1 aliphatic heterocycles. The number of fused-ring (bicyclic) bond motifs is 1. The molecule has 1 aromatic heterocycles. The molecule has 26 heavy (non-hydrogen) atoms. The number of carbonyl (C=O) groups excluding carboxylic acids is 2. The van der Waals surface area contributed by atoms with Crippen LogP contribution in [-0.2, 0) is 9.53 Å². The van der Waals surface area contributed by atoms with E-state index in [1.807, 2.05) is 12.1 Å². The minimum absolute atomic E-state index is 0.0474. The lowest BCUT2D eigenvalue weighted by Crippen LogP contribution is -2.19. The van der Waals surface area contributed by atoms with Crippen molar-refractivity contribution in [2.24, 2.45) is 0 Å². The van der Waals surface area contributed by atoms with Gasteiger partial charge in [0.25, 0.3) is 5.91 Å². The highest BCUT2D eigenvalue weighted by atomic mass is 16.5. The Labute approximate surface area is 150 Å². The minimum atomic E-state index is -0.547. The number of carbonyl (C=O) groups is 2. The number of alkyl carbamates (subject to hydrolysis) is 1. The molecule has 132 valence electrons. The van der Waals surface area contributed by atoms with Crippen molar-refractivity contribution in [1.82, 2.24) is 10.3 Å². The van der Waals surface area contributed by atoms with E-state index in [0.717, 1.165) is 0 Å². The van der Waals surface area contributed by atoms with Crippen LogP contribution >= 0.6 is 0 Å². The largest absolute Gasteiger partial charge is 0.495 e. The van der Waals surface area contributed by atoms with Crippen LogP contribution in [0.1, 0.15) is 16.8 Å². The molecule has 7 nitrogen and oxygen atoms in total. The standard InChI is InChI=1S/C19H17N3O4/c1-20-19(24)26-10-4-6-12-5-3-7-14-17(12)13(18(23)22-14)11-15-16(25-2)8-9-21-15/h3,5,7-9,11,21H,10H2,1-2H3,(H,20,24)(H,22,23)/b13-11-. The van der Waals surface area contributed by atoms with Crippen LogP contribution in [-0.4, -0.2) is 37.7 Å². The summed E-state index contributed by atoms with van der Waals surface area (Å²) in [7, 11) is 3.04. The average Bonchev–Trinajstić information content (AvgIpc) is 3.23. The van der Waals surface area contributed by atoms with Crippen LogP contribution in [0, 0.1) is 11.8 Å². The van der Waals surface area contributed by atoms with Gasteiger partial charge in [-0.05, 0) is 24.3 Å². The van der Waals surface area contributed by atoms with E-state index in [1.54, 1.807) is 31.5 Å². The molecule has 2 aromatic rings. The first-order valence-electron chi connectivity index (χ1n) is 7.85. The topological polar surface area (TPSA) is 92.4 Å². The van der Waals surface area contributed by atoms with Crippen molar-refractivity contribution in [1.29, 1.82) is 0 Å². The quantitative estimate of drug-likeness (QED) is 0.584. The second-order valence-corrected chi connectivity index (χ2v) is 5.33. The van der Waals surface area contributed by atoms with Crippen LogP contribution in [0.4, 0.5) is 10.5 Å². The molecule has 0 saturated carbocycles. The number of amides is 2. The predicted molar refractivity (Wildman–Crippen MR) is 97.6 cm³/mol. The van der Waals surface area contributed by atoms with Crippen LogP contribution in [0.15, 0.2) is 30.5 Å². The Balaban J connectivity index is 1.95. The molecule has 0 saturated heterocycles. The van der Waals surface area contributed by atoms with Crippen molar-refractivity contribution in [3.63, 3.8) is 0 Å². The summed E-state index contributed by atoms with van der Waals surface area (Å²) in [5.74, 6) is 6.16. The number of aromatic amines is 1. The highest BCUT2D eigenvalue weighted by Gasteiger charge is 2.26. The van der Waals surface area contributed by atoms with E-state index >= 15 is 0 Å². The third kappa shape index (κ3) is 3.39. The molecule has 2 amide bonds. The lowest BCUT2D eigenvalue weighted by atomic mass is 10.00. The zero-order valence-electron chi connectivity index (χ0n) is 14.3. The molecular formula is C19H17N3O4. The van der Waals surface area contributed by atoms with Gasteiger partial charge in [-0.1, -0.05) is 17.9 Å². The number of aromatic nitrogens is 1. The van der Waals surface area contributed by atoms with Crippen molar-refractivity contribution in [3.8, 4) is 17.6 Å². The summed E-state index contributed by atoms with van der Waals surface area (Å²) in [6, 6.07) is 7.21. The van der Waals surface area contributed by atoms with Crippen LogP contribution in [0.2, 0.25) is 0 Å². The molecule has 2 heterocycles. The molecule has 3 rings (SSSR count). The molecule has 0 spiro atoms. The summed E-state index contributed by atoms with van der Waals surface area (Å²) >= 11 is 0. The van der Waals surface area contributed by atoms with E-state index < -0.39 is 6.09 Å². The van der Waals surface area contributed by atoms with Gasteiger partial charge in [0.15, 0.2) is 6.61 Å². The Morgan fingerprint density at radius 3 is 2.96 bits per heavy atom. The Kier molecular flexibility index (Phi) is 4.94. The highest BCUT2D eigenvalue weighted by Crippen LogP contribution is 2.36. The molecule has 1 aromatic carbocycles. The maximum Gasteiger partial charge on any atom is 0.407 e. The summed E-state index contributed by atoms with van der Waals surface area (Å²) in [4.78, 5) is 26.5. The number of methoxy groups -OCH3 is 1. The summed E-state index contributed by atoms with van der Waals surface area (Å²) < 4.78 is 10.1. The third-order valence-corrected chi connectivity index (χ3v) is 3.78. The summed E-state index contributed by atoms with van der Waals surface area (Å²) in [5.41, 5.74) is 3.24. The predicted octanol–water partition coefficient (Wildman–Crippen LogP) is 2.22. The van der Waals surface area contributed by atoms with Gasteiger partial charge in [-0.25, -0.2) is 4.79 Å². The number of nitrogens with one attached hydrogen (secondary N) is 3. The number of anilines is 1. The summed E-state index contributed by atoms with van der Waals surface area (Å²) in [6.45, 7) is -0.0474. The van der Waals surface area contributed by atoms with Gasteiger partial charge in [0.1, 0.15) is 5.75 Å². The van der Waals surface area contributed by atoms with Gasteiger partial charge < -0.3 is 25.1 Å². The average molecular weight is 351 g/mol. The molecule has 0 bridgehead atoms. The fourth-order valence-corrected chi connectivity index (χ4v) is 2.60. The minimum Gasteiger partial charge on any atom is -0.495 e. The van der Waals surface area contributed by atoms with E-state index in [2.05, 4.69) is 27.5 Å². The van der Waals surface area contributed by atoms with Crippen LogP contribution in [0.3, 0.4) is 0 Å². The van der Waals surface area contributed by atoms with E-state index in [9.17, 15) is 9.59 Å². The van der Waals surface area contributed by atoms with Crippen molar-refractivity contribution in [2.75, 3.05) is 26.1 Å². The van der Waals surface area contributed by atoms with Crippen LogP contribution in [0.5, 0.6) is 5.75 Å². The van der Waals surface area contributed by atoms with Gasteiger partial charge in [0, 0.05) is 24.4 Å². The molecule has 7 heteroatoms. The number of hydrogen-bond donors (Lipinski definition) is 3. The van der Waals surface area contributed by atoms with Gasteiger partial charge in [-0.2, -0.15) is 0 Å². The number of ether oxygens (including phenoxy) is 2. The normalized spacial score (nSPS) is 13.5. The van der Waals surface area contributed by atoms with Gasteiger partial charge >= 0.3 is 6.09 Å². The third-order valence-electron chi connectivity index (χ3n) is 3.78. The fraction of sp³-hybridized carbons (Fsp3) is 0.158. The molecule has 0 aliphatic carbocycles. The van der Waals surface area contributed by atoms with Crippen molar-refractivity contribution in [3.05, 3.63) is 47.3 Å². The summed E-state index contributed by atoms with van der Waals surface area (Å²) in [6.07, 6.45) is 2.92. The summed E-state index contributed by atoms with van der Waals surface area (Å²) in [5, 5.41) is 5.18. The first-order valence-corrected chi connectivity index (χ1v) is 7.85. The van der Waals surface area contributed by atoms with Gasteiger partial charge in [-0.15, -0.1) is 0 Å². The molecule has 3 N–H and O–H groups in total. The number of rotatable bonds is 3. The zero-order valence-corrected chi connectivity index (χ0v) is 14.3. The second-order valence-electron chi connectivity index (χ2n) is 5.33. The molecule has 0 atom stereocenters. The number of hydrogen-bond acceptors (Lipinski definition) is 4. The highest BCUT2D eigenvalue weighted by molar-refractivity contribution is 6.35. The maximum atomic E-state index is 12.4. The van der Waals surface area contributed by atoms with E-state index in [0.29, 0.717) is 33.8 Å². The van der Waals surface area contributed by atoms with Crippen LogP contribution in [0.25, 0.3) is 11.6 Å². The van der Waals surface area contributed by atoms with Crippen molar-refractivity contribution in [2.45, 2.75) is 0 Å². The first-order chi connectivity index (χ1) is 12.6. The number of benzene rings is 1. The maximum absolute atomic E-state index is 12.4. The Morgan fingerprint density at radius 1 is 1.35 bits per heavy atom. The van der Waals surface area contributed by atoms with Gasteiger partial charge in [0.2, 0.25) is 0 Å². The smallest absolute Gasteiger partial charge is 0.407 e. The number of H-pyrrole nitrogens is 1. The second kappa shape index (κ2) is 7.49.